The highest BCUT2D eigenvalue weighted by Crippen LogP contribution is 2.27. The van der Waals surface area contributed by atoms with Crippen LogP contribution < -0.4 is 10.0 Å². The van der Waals surface area contributed by atoms with Crippen LogP contribution in [0.2, 0.25) is 0 Å². The van der Waals surface area contributed by atoms with Crippen LogP contribution in [0.25, 0.3) is 22.3 Å². The third kappa shape index (κ3) is 4.29. The molecule has 0 saturated heterocycles. The van der Waals surface area contributed by atoms with Gasteiger partial charge in [0, 0.05) is 16.5 Å². The number of amides is 1. The van der Waals surface area contributed by atoms with Gasteiger partial charge in [-0.15, -0.1) is 11.3 Å². The molecule has 166 valence electrons. The van der Waals surface area contributed by atoms with E-state index in [1.165, 1.54) is 13.1 Å². The van der Waals surface area contributed by atoms with Crippen LogP contribution >= 0.6 is 11.3 Å². The van der Waals surface area contributed by atoms with Gasteiger partial charge in [0.05, 0.1) is 29.4 Å². The molecule has 0 saturated carbocycles. The number of carbonyl (C=O) groups is 1. The molecule has 1 aromatic carbocycles. The number of nitrogens with one attached hydrogen (secondary N) is 2. The second-order valence-corrected chi connectivity index (χ2v) is 10.7. The first-order valence-electron chi connectivity index (χ1n) is 10.0. The fourth-order valence-electron chi connectivity index (χ4n) is 3.30. The van der Waals surface area contributed by atoms with Crippen molar-refractivity contribution in [2.45, 2.75) is 30.6 Å². The Hall–Kier alpha value is -3.08. The van der Waals surface area contributed by atoms with Crippen LogP contribution in [0.5, 0.6) is 0 Å². The Morgan fingerprint density at radius 2 is 1.91 bits per heavy atom. The van der Waals surface area contributed by atoms with Gasteiger partial charge in [-0.25, -0.2) is 22.8 Å². The summed E-state index contributed by atoms with van der Waals surface area (Å²) in [5.41, 5.74) is 2.70. The first-order valence-corrected chi connectivity index (χ1v) is 12.3. The van der Waals surface area contributed by atoms with Crippen LogP contribution in [0.1, 0.15) is 35.1 Å². The van der Waals surface area contributed by atoms with E-state index in [1.54, 1.807) is 23.0 Å². The van der Waals surface area contributed by atoms with Crippen molar-refractivity contribution >= 4 is 38.3 Å². The lowest BCUT2D eigenvalue weighted by atomic mass is 10.1. The summed E-state index contributed by atoms with van der Waals surface area (Å²) in [6.07, 6.45) is 1.66. The quantitative estimate of drug-likeness (QED) is 0.430. The first-order chi connectivity index (χ1) is 15.3. The standard InChI is InChI=1S/C22H23N5O3S2/c1-14(2)27-21-18(13-25-27)17(11-19(26-21)15-7-5-4-6-8-15)22(28)24-12-16-9-10-20(31-16)32(29,30)23-3/h4-11,13-14,23H,12H2,1-3H3,(H,24,28). The maximum Gasteiger partial charge on any atom is 0.252 e. The average molecular weight is 470 g/mol. The van der Waals surface area contributed by atoms with E-state index in [2.05, 4.69) is 15.1 Å². The number of hydrogen-bond acceptors (Lipinski definition) is 6. The van der Waals surface area contributed by atoms with E-state index in [0.717, 1.165) is 21.8 Å². The summed E-state index contributed by atoms with van der Waals surface area (Å²) in [5.74, 6) is -0.274. The fraction of sp³-hybridized carbons (Fsp3) is 0.227. The van der Waals surface area contributed by atoms with Crippen LogP contribution in [-0.4, -0.2) is 36.1 Å². The van der Waals surface area contributed by atoms with Gasteiger partial charge in [-0.3, -0.25) is 4.79 Å². The van der Waals surface area contributed by atoms with Crippen LogP contribution in [0.3, 0.4) is 0 Å². The summed E-state index contributed by atoms with van der Waals surface area (Å²) >= 11 is 1.12. The highest BCUT2D eigenvalue weighted by atomic mass is 32.2. The van der Waals surface area contributed by atoms with Crippen molar-refractivity contribution in [2.24, 2.45) is 0 Å². The van der Waals surface area contributed by atoms with Gasteiger partial charge in [-0.2, -0.15) is 5.10 Å². The van der Waals surface area contributed by atoms with E-state index < -0.39 is 10.0 Å². The normalized spacial score (nSPS) is 11.9. The predicted molar refractivity (Wildman–Crippen MR) is 125 cm³/mol. The Balaban J connectivity index is 1.68. The highest BCUT2D eigenvalue weighted by Gasteiger charge is 2.19. The molecule has 0 aliphatic rings. The summed E-state index contributed by atoms with van der Waals surface area (Å²) in [4.78, 5) is 18.7. The number of sulfonamides is 1. The lowest BCUT2D eigenvalue weighted by Crippen LogP contribution is -2.23. The van der Waals surface area contributed by atoms with Gasteiger partial charge in [0.2, 0.25) is 10.0 Å². The van der Waals surface area contributed by atoms with E-state index >= 15 is 0 Å². The molecular weight excluding hydrogens is 446 g/mol. The Morgan fingerprint density at radius 1 is 1.16 bits per heavy atom. The molecule has 0 unspecified atom stereocenters. The minimum absolute atomic E-state index is 0.0839. The zero-order valence-electron chi connectivity index (χ0n) is 17.9. The molecule has 0 radical (unpaired) electrons. The summed E-state index contributed by atoms with van der Waals surface area (Å²) in [6.45, 7) is 4.23. The summed E-state index contributed by atoms with van der Waals surface area (Å²) in [5, 5.41) is 8.00. The SMILES string of the molecule is CNS(=O)(=O)c1ccc(CNC(=O)c2cc(-c3ccccc3)nc3c2cnn3C(C)C)s1. The maximum absolute atomic E-state index is 13.2. The molecule has 8 nitrogen and oxygen atoms in total. The lowest BCUT2D eigenvalue weighted by Gasteiger charge is -2.11. The number of aromatic nitrogens is 3. The van der Waals surface area contributed by atoms with Crippen molar-refractivity contribution in [1.29, 1.82) is 0 Å². The van der Waals surface area contributed by atoms with Crippen LogP contribution in [0.15, 0.2) is 58.9 Å². The van der Waals surface area contributed by atoms with Gasteiger partial charge in [0.15, 0.2) is 5.65 Å². The maximum atomic E-state index is 13.2. The number of rotatable bonds is 7. The summed E-state index contributed by atoms with van der Waals surface area (Å²) in [7, 11) is -2.13. The Morgan fingerprint density at radius 3 is 2.59 bits per heavy atom. The zero-order valence-corrected chi connectivity index (χ0v) is 19.5. The number of nitrogens with zero attached hydrogens (tertiary/aromatic N) is 3. The second kappa shape index (κ2) is 8.81. The lowest BCUT2D eigenvalue weighted by molar-refractivity contribution is 0.0953. The number of fused-ring (bicyclic) bond motifs is 1. The molecule has 10 heteroatoms. The third-order valence-corrected chi connectivity index (χ3v) is 7.96. The molecule has 0 atom stereocenters. The molecule has 0 aliphatic heterocycles. The number of benzene rings is 1. The number of carbonyl (C=O) groups excluding carboxylic acids is 1. The third-order valence-electron chi connectivity index (χ3n) is 4.96. The largest absolute Gasteiger partial charge is 0.347 e. The predicted octanol–water partition coefficient (Wildman–Crippen LogP) is 3.58. The zero-order chi connectivity index (χ0) is 22.9. The number of hydrogen-bond donors (Lipinski definition) is 2. The smallest absolute Gasteiger partial charge is 0.252 e. The van der Waals surface area contributed by atoms with Crippen molar-refractivity contribution in [2.75, 3.05) is 7.05 Å². The van der Waals surface area contributed by atoms with E-state index in [4.69, 9.17) is 4.98 Å². The molecule has 3 heterocycles. The van der Waals surface area contributed by atoms with Crippen LogP contribution in [0.4, 0.5) is 0 Å². The molecule has 2 N–H and O–H groups in total. The van der Waals surface area contributed by atoms with E-state index in [1.807, 2.05) is 44.2 Å². The topological polar surface area (TPSA) is 106 Å². The van der Waals surface area contributed by atoms with Gasteiger partial charge in [0.1, 0.15) is 4.21 Å². The van der Waals surface area contributed by atoms with Crippen molar-refractivity contribution < 1.29 is 13.2 Å². The van der Waals surface area contributed by atoms with E-state index in [-0.39, 0.29) is 22.7 Å². The average Bonchev–Trinajstić information content (AvgIpc) is 3.45. The molecular formula is C22H23N5O3S2. The number of pyridine rings is 1. The monoisotopic (exact) mass is 469 g/mol. The Kier molecular flexibility index (Phi) is 6.09. The van der Waals surface area contributed by atoms with Crippen molar-refractivity contribution in [3.63, 3.8) is 0 Å². The van der Waals surface area contributed by atoms with Crippen LogP contribution in [-0.2, 0) is 16.6 Å². The van der Waals surface area contributed by atoms with Gasteiger partial charge in [-0.1, -0.05) is 30.3 Å². The van der Waals surface area contributed by atoms with E-state index in [0.29, 0.717) is 22.3 Å². The van der Waals surface area contributed by atoms with Gasteiger partial charge < -0.3 is 5.32 Å². The number of thiophene rings is 1. The van der Waals surface area contributed by atoms with Crippen molar-refractivity contribution in [1.82, 2.24) is 24.8 Å². The van der Waals surface area contributed by atoms with Gasteiger partial charge in [0.25, 0.3) is 5.91 Å². The minimum Gasteiger partial charge on any atom is -0.347 e. The molecule has 32 heavy (non-hydrogen) atoms. The molecule has 1 amide bonds. The summed E-state index contributed by atoms with van der Waals surface area (Å²) < 4.78 is 28.2. The van der Waals surface area contributed by atoms with Crippen molar-refractivity contribution in [3.05, 3.63) is 65.2 Å². The molecule has 4 aromatic rings. The first kappa shape index (κ1) is 22.1. The Bertz CT molecular complexity index is 1380. The fourth-order valence-corrected chi connectivity index (χ4v) is 5.43. The summed E-state index contributed by atoms with van der Waals surface area (Å²) in [6, 6.07) is 14.8. The van der Waals surface area contributed by atoms with Crippen molar-refractivity contribution in [3.8, 4) is 11.3 Å². The minimum atomic E-state index is -3.50. The molecule has 4 rings (SSSR count). The second-order valence-electron chi connectivity index (χ2n) is 7.45. The van der Waals surface area contributed by atoms with E-state index in [9.17, 15) is 13.2 Å². The Labute approximate surface area is 190 Å². The molecule has 0 fully saturated rings. The van der Waals surface area contributed by atoms with Gasteiger partial charge >= 0.3 is 0 Å². The molecule has 0 spiro atoms. The highest BCUT2D eigenvalue weighted by molar-refractivity contribution is 7.91. The van der Waals surface area contributed by atoms with Gasteiger partial charge in [-0.05, 0) is 39.1 Å². The van der Waals surface area contributed by atoms with Crippen LogP contribution in [0, 0.1) is 0 Å². The molecule has 0 aliphatic carbocycles. The molecule has 0 bridgehead atoms. The molecule has 3 aromatic heterocycles.